The van der Waals surface area contributed by atoms with Crippen molar-refractivity contribution in [3.05, 3.63) is 29.5 Å². The van der Waals surface area contributed by atoms with Crippen molar-refractivity contribution in [3.8, 4) is 0 Å². The summed E-state index contributed by atoms with van der Waals surface area (Å²) in [5, 5.41) is 11.5. The molecule has 2 aromatic heterocycles. The fourth-order valence-corrected chi connectivity index (χ4v) is 2.01. The number of thioether (sulfide) groups is 1. The van der Waals surface area contributed by atoms with E-state index < -0.39 is 0 Å². The summed E-state index contributed by atoms with van der Waals surface area (Å²) >= 11 is 1.48. The van der Waals surface area contributed by atoms with Gasteiger partial charge in [-0.1, -0.05) is 18.7 Å². The van der Waals surface area contributed by atoms with Crippen molar-refractivity contribution in [1.29, 1.82) is 0 Å². The molecule has 0 saturated carbocycles. The average molecular weight is 253 g/mol. The molecule has 0 saturated heterocycles. The van der Waals surface area contributed by atoms with Crippen LogP contribution in [0, 0.1) is 6.92 Å². The standard InChI is InChI=1S/C11H15N3O2S/c1-3-12-6-9-4-5-10(16-9)7-17-11-14-13-8(2)15-11/h4-5,12H,3,6-7H2,1-2H3. The normalized spacial score (nSPS) is 10.9. The van der Waals surface area contributed by atoms with Gasteiger partial charge in [0.2, 0.25) is 5.89 Å². The smallest absolute Gasteiger partial charge is 0.277 e. The van der Waals surface area contributed by atoms with Crippen molar-refractivity contribution in [2.45, 2.75) is 31.4 Å². The van der Waals surface area contributed by atoms with Crippen LogP contribution in [0.15, 0.2) is 26.2 Å². The third kappa shape index (κ3) is 3.61. The highest BCUT2D eigenvalue weighted by Crippen LogP contribution is 2.22. The van der Waals surface area contributed by atoms with Crippen LogP contribution in [-0.2, 0) is 12.3 Å². The Morgan fingerprint density at radius 3 is 2.76 bits per heavy atom. The van der Waals surface area contributed by atoms with Gasteiger partial charge in [0.05, 0.1) is 12.3 Å². The van der Waals surface area contributed by atoms with E-state index >= 15 is 0 Å². The molecule has 0 radical (unpaired) electrons. The van der Waals surface area contributed by atoms with Crippen molar-refractivity contribution in [2.24, 2.45) is 0 Å². The molecule has 5 nitrogen and oxygen atoms in total. The third-order valence-electron chi connectivity index (χ3n) is 2.11. The number of nitrogens with zero attached hydrogens (tertiary/aromatic N) is 2. The topological polar surface area (TPSA) is 64.1 Å². The summed E-state index contributed by atoms with van der Waals surface area (Å²) in [5.41, 5.74) is 0. The van der Waals surface area contributed by atoms with Crippen molar-refractivity contribution in [1.82, 2.24) is 15.5 Å². The van der Waals surface area contributed by atoms with Gasteiger partial charge in [0.25, 0.3) is 5.22 Å². The first-order valence-corrected chi connectivity index (χ1v) is 6.47. The van der Waals surface area contributed by atoms with Gasteiger partial charge in [-0.15, -0.1) is 10.2 Å². The first kappa shape index (κ1) is 12.2. The number of nitrogens with one attached hydrogen (secondary N) is 1. The molecule has 0 unspecified atom stereocenters. The molecule has 0 aliphatic heterocycles. The molecule has 0 spiro atoms. The van der Waals surface area contributed by atoms with Gasteiger partial charge in [-0.25, -0.2) is 0 Å². The van der Waals surface area contributed by atoms with Crippen molar-refractivity contribution in [3.63, 3.8) is 0 Å². The Bertz CT molecular complexity index is 467. The van der Waals surface area contributed by atoms with Gasteiger partial charge < -0.3 is 14.2 Å². The molecule has 0 atom stereocenters. The Morgan fingerprint density at radius 2 is 2.06 bits per heavy atom. The first-order chi connectivity index (χ1) is 8.28. The van der Waals surface area contributed by atoms with Gasteiger partial charge in [-0.3, -0.25) is 0 Å². The lowest BCUT2D eigenvalue weighted by atomic mass is 10.4. The highest BCUT2D eigenvalue weighted by Gasteiger charge is 2.06. The van der Waals surface area contributed by atoms with Gasteiger partial charge >= 0.3 is 0 Å². The zero-order valence-electron chi connectivity index (χ0n) is 9.90. The van der Waals surface area contributed by atoms with E-state index in [2.05, 4.69) is 22.4 Å². The lowest BCUT2D eigenvalue weighted by molar-refractivity contribution is 0.427. The number of aryl methyl sites for hydroxylation is 1. The van der Waals surface area contributed by atoms with Crippen molar-refractivity contribution in [2.75, 3.05) is 6.54 Å². The molecule has 2 rings (SSSR count). The van der Waals surface area contributed by atoms with Crippen LogP contribution < -0.4 is 5.32 Å². The van der Waals surface area contributed by atoms with Gasteiger partial charge in [0.15, 0.2) is 0 Å². The van der Waals surface area contributed by atoms with Crippen molar-refractivity contribution >= 4 is 11.8 Å². The van der Waals surface area contributed by atoms with E-state index in [0.29, 0.717) is 16.9 Å². The zero-order valence-corrected chi connectivity index (χ0v) is 10.7. The summed E-state index contributed by atoms with van der Waals surface area (Å²) in [5.74, 6) is 3.15. The molecule has 6 heteroatoms. The zero-order chi connectivity index (χ0) is 12.1. The summed E-state index contributed by atoms with van der Waals surface area (Å²) in [7, 11) is 0. The minimum absolute atomic E-state index is 0.576. The largest absolute Gasteiger partial charge is 0.464 e. The second kappa shape index (κ2) is 5.88. The summed E-state index contributed by atoms with van der Waals surface area (Å²) in [6.07, 6.45) is 0. The molecule has 17 heavy (non-hydrogen) atoms. The van der Waals surface area contributed by atoms with Crippen LogP contribution in [0.2, 0.25) is 0 Å². The molecular weight excluding hydrogens is 238 g/mol. The minimum atomic E-state index is 0.576. The van der Waals surface area contributed by atoms with Crippen LogP contribution in [0.25, 0.3) is 0 Å². The quantitative estimate of drug-likeness (QED) is 0.797. The fourth-order valence-electron chi connectivity index (χ4n) is 1.31. The monoisotopic (exact) mass is 253 g/mol. The number of rotatable bonds is 6. The van der Waals surface area contributed by atoms with Crippen LogP contribution in [0.1, 0.15) is 24.3 Å². The summed E-state index contributed by atoms with van der Waals surface area (Å²) in [6, 6.07) is 3.96. The molecule has 1 N–H and O–H groups in total. The van der Waals surface area contributed by atoms with Crippen LogP contribution in [0.5, 0.6) is 0 Å². The molecular formula is C11H15N3O2S. The molecule has 2 heterocycles. The van der Waals surface area contributed by atoms with Gasteiger partial charge in [0.1, 0.15) is 11.5 Å². The number of hydrogen-bond acceptors (Lipinski definition) is 6. The van der Waals surface area contributed by atoms with E-state index in [4.69, 9.17) is 8.83 Å². The molecule has 0 fully saturated rings. The Hall–Kier alpha value is -1.27. The Kier molecular flexibility index (Phi) is 4.22. The highest BCUT2D eigenvalue weighted by molar-refractivity contribution is 7.98. The second-order valence-electron chi connectivity index (χ2n) is 3.52. The van der Waals surface area contributed by atoms with Crippen LogP contribution in [-0.4, -0.2) is 16.7 Å². The third-order valence-corrected chi connectivity index (χ3v) is 2.95. The van der Waals surface area contributed by atoms with Gasteiger partial charge in [-0.05, 0) is 18.7 Å². The molecule has 0 amide bonds. The maximum absolute atomic E-state index is 5.64. The Labute approximate surface area is 104 Å². The van der Waals surface area contributed by atoms with Crippen LogP contribution in [0.3, 0.4) is 0 Å². The predicted molar refractivity (Wildman–Crippen MR) is 64.7 cm³/mol. The molecule has 92 valence electrons. The molecule has 0 bridgehead atoms. The lowest BCUT2D eigenvalue weighted by Crippen LogP contribution is -2.10. The summed E-state index contributed by atoms with van der Waals surface area (Å²) in [6.45, 7) is 5.54. The summed E-state index contributed by atoms with van der Waals surface area (Å²) in [4.78, 5) is 0. The van der Waals surface area contributed by atoms with Crippen LogP contribution >= 0.6 is 11.8 Å². The van der Waals surface area contributed by atoms with E-state index in [1.807, 2.05) is 12.1 Å². The SMILES string of the molecule is CCNCc1ccc(CSc2nnc(C)o2)o1. The number of furan rings is 1. The van der Waals surface area contributed by atoms with E-state index in [9.17, 15) is 0 Å². The van der Waals surface area contributed by atoms with E-state index in [1.54, 1.807) is 6.92 Å². The highest BCUT2D eigenvalue weighted by atomic mass is 32.2. The van der Waals surface area contributed by atoms with E-state index in [1.165, 1.54) is 11.8 Å². The van der Waals surface area contributed by atoms with Gasteiger partial charge in [-0.2, -0.15) is 0 Å². The number of aromatic nitrogens is 2. The Balaban J connectivity index is 1.84. The predicted octanol–water partition coefficient (Wildman–Crippen LogP) is 2.37. The maximum Gasteiger partial charge on any atom is 0.277 e. The van der Waals surface area contributed by atoms with E-state index in [0.717, 1.165) is 24.6 Å². The Morgan fingerprint density at radius 1 is 1.24 bits per heavy atom. The molecule has 0 aromatic carbocycles. The summed E-state index contributed by atoms with van der Waals surface area (Å²) < 4.78 is 10.9. The minimum Gasteiger partial charge on any atom is -0.464 e. The number of hydrogen-bond donors (Lipinski definition) is 1. The first-order valence-electron chi connectivity index (χ1n) is 5.49. The molecule has 0 aliphatic carbocycles. The molecule has 0 aliphatic rings. The van der Waals surface area contributed by atoms with E-state index in [-0.39, 0.29) is 0 Å². The van der Waals surface area contributed by atoms with Crippen molar-refractivity contribution < 1.29 is 8.83 Å². The fraction of sp³-hybridized carbons (Fsp3) is 0.455. The average Bonchev–Trinajstić information content (AvgIpc) is 2.93. The maximum atomic E-state index is 5.64. The second-order valence-corrected chi connectivity index (χ2v) is 4.45. The molecule has 2 aromatic rings. The lowest BCUT2D eigenvalue weighted by Gasteiger charge is -1.97. The van der Waals surface area contributed by atoms with Crippen LogP contribution in [0.4, 0.5) is 0 Å². The van der Waals surface area contributed by atoms with Gasteiger partial charge in [0, 0.05) is 6.92 Å².